The molecule has 1 amide bonds. The van der Waals surface area contributed by atoms with Crippen LogP contribution in [-0.4, -0.2) is 51.8 Å². The molecule has 0 aromatic rings. The highest BCUT2D eigenvalue weighted by atomic mass is 32.2. The van der Waals surface area contributed by atoms with E-state index in [0.29, 0.717) is 26.2 Å². The molecule has 0 aromatic carbocycles. The van der Waals surface area contributed by atoms with Crippen molar-refractivity contribution in [1.29, 1.82) is 0 Å². The van der Waals surface area contributed by atoms with Crippen molar-refractivity contribution < 1.29 is 13.7 Å². The molecule has 0 radical (unpaired) electrons. The van der Waals surface area contributed by atoms with Crippen molar-refractivity contribution in [2.75, 3.05) is 26.2 Å². The lowest BCUT2D eigenvalue weighted by Gasteiger charge is -2.48. The molecular formula is C8H12N2O3S. The number of nitrogens with zero attached hydrogens (tertiary/aromatic N) is 2. The molecule has 0 N–H and O–H groups in total. The number of hydrogen-bond acceptors (Lipinski definition) is 3. The lowest BCUT2D eigenvalue weighted by molar-refractivity contribution is -0.161. The van der Waals surface area contributed by atoms with Crippen LogP contribution >= 0.6 is 0 Å². The second-order valence-corrected chi connectivity index (χ2v) is 4.74. The fraction of sp³-hybridized carbons (Fsp3) is 0.625. The summed E-state index contributed by atoms with van der Waals surface area (Å²) in [7, 11) is -1.15. The van der Waals surface area contributed by atoms with Crippen molar-refractivity contribution in [1.82, 2.24) is 9.21 Å². The molecule has 2 aliphatic heterocycles. The molecule has 1 spiro atoms. The summed E-state index contributed by atoms with van der Waals surface area (Å²) < 4.78 is 18.5. The summed E-state index contributed by atoms with van der Waals surface area (Å²) in [5.41, 5.74) is -0.513. The van der Waals surface area contributed by atoms with Crippen LogP contribution in [0.25, 0.3) is 0 Å². The Hall–Kier alpha value is -0.720. The second-order valence-electron chi connectivity index (χ2n) is 3.33. The highest BCUT2D eigenvalue weighted by Gasteiger charge is 2.53. The summed E-state index contributed by atoms with van der Waals surface area (Å²) in [6.45, 7) is 5.65. The summed E-state index contributed by atoms with van der Waals surface area (Å²) >= 11 is 0. The molecule has 0 aromatic heterocycles. The minimum Gasteiger partial charge on any atom is -0.351 e. The average molecular weight is 216 g/mol. The third-order valence-corrected chi connectivity index (χ3v) is 3.65. The number of hydrogen-bond donors (Lipinski definition) is 0. The van der Waals surface area contributed by atoms with E-state index in [1.165, 1.54) is 5.41 Å². The van der Waals surface area contributed by atoms with E-state index < -0.39 is 16.7 Å². The fourth-order valence-corrected chi connectivity index (χ4v) is 2.65. The Morgan fingerprint density at radius 3 is 2.79 bits per heavy atom. The standard InChI is InChI=1S/C8H12N2O3S/c1-2-14(12)10-5-8(6-10)9(7-11)3-4-13-8/h2,7H,1,3-6H2. The monoisotopic (exact) mass is 216 g/mol. The Balaban J connectivity index is 2.00. The first-order valence-electron chi connectivity index (χ1n) is 4.36. The van der Waals surface area contributed by atoms with Crippen molar-refractivity contribution in [2.45, 2.75) is 5.72 Å². The van der Waals surface area contributed by atoms with Gasteiger partial charge in [0, 0.05) is 12.0 Å². The Morgan fingerprint density at radius 2 is 2.21 bits per heavy atom. The van der Waals surface area contributed by atoms with E-state index in [2.05, 4.69) is 6.58 Å². The SMILES string of the molecule is C=CS(=O)N1CC2(C1)OCCN2C=O. The van der Waals surface area contributed by atoms with Gasteiger partial charge in [-0.1, -0.05) is 6.58 Å². The van der Waals surface area contributed by atoms with Crippen LogP contribution in [0.5, 0.6) is 0 Å². The Labute approximate surface area is 84.9 Å². The molecule has 1 unspecified atom stereocenters. The van der Waals surface area contributed by atoms with Crippen LogP contribution in [0.2, 0.25) is 0 Å². The number of amides is 1. The Morgan fingerprint density at radius 1 is 1.50 bits per heavy atom. The quantitative estimate of drug-likeness (QED) is 0.586. The van der Waals surface area contributed by atoms with Crippen LogP contribution in [0.15, 0.2) is 12.0 Å². The van der Waals surface area contributed by atoms with Gasteiger partial charge in [-0.2, -0.15) is 0 Å². The summed E-state index contributed by atoms with van der Waals surface area (Å²) in [5.74, 6) is 0. The van der Waals surface area contributed by atoms with Gasteiger partial charge in [-0.15, -0.1) is 0 Å². The molecule has 2 aliphatic rings. The van der Waals surface area contributed by atoms with Crippen molar-refractivity contribution in [2.24, 2.45) is 0 Å². The normalized spacial score (nSPS) is 27.3. The van der Waals surface area contributed by atoms with Gasteiger partial charge in [-0.25, -0.2) is 8.51 Å². The van der Waals surface area contributed by atoms with Gasteiger partial charge in [0.05, 0.1) is 19.7 Å². The molecule has 78 valence electrons. The largest absolute Gasteiger partial charge is 0.351 e. The Kier molecular flexibility index (Phi) is 2.42. The molecule has 0 aliphatic carbocycles. The topological polar surface area (TPSA) is 49.9 Å². The predicted octanol–water partition coefficient (Wildman–Crippen LogP) is -0.706. The molecule has 2 saturated heterocycles. The van der Waals surface area contributed by atoms with E-state index in [1.807, 2.05) is 0 Å². The number of carbonyl (C=O) groups excluding carboxylic acids is 1. The summed E-state index contributed by atoms with van der Waals surface area (Å²) in [4.78, 5) is 12.3. The molecular weight excluding hydrogens is 204 g/mol. The number of rotatable bonds is 3. The first-order valence-corrected chi connectivity index (χ1v) is 5.53. The van der Waals surface area contributed by atoms with Crippen molar-refractivity contribution in [3.8, 4) is 0 Å². The van der Waals surface area contributed by atoms with Crippen LogP contribution in [0.4, 0.5) is 0 Å². The van der Waals surface area contributed by atoms with Gasteiger partial charge in [-0.3, -0.25) is 4.79 Å². The molecule has 14 heavy (non-hydrogen) atoms. The van der Waals surface area contributed by atoms with Gasteiger partial charge < -0.3 is 9.64 Å². The molecule has 6 heteroatoms. The maximum atomic E-state index is 11.3. The van der Waals surface area contributed by atoms with E-state index in [-0.39, 0.29) is 0 Å². The van der Waals surface area contributed by atoms with Gasteiger partial charge in [0.2, 0.25) is 6.41 Å². The van der Waals surface area contributed by atoms with Gasteiger partial charge in [0.1, 0.15) is 11.0 Å². The van der Waals surface area contributed by atoms with Gasteiger partial charge >= 0.3 is 0 Å². The number of ether oxygens (including phenoxy) is 1. The highest BCUT2D eigenvalue weighted by molar-refractivity contribution is 7.85. The van der Waals surface area contributed by atoms with Crippen LogP contribution in [-0.2, 0) is 20.5 Å². The smallest absolute Gasteiger partial charge is 0.212 e. The lowest BCUT2D eigenvalue weighted by atomic mass is 10.1. The van der Waals surface area contributed by atoms with Crippen LogP contribution < -0.4 is 0 Å². The molecule has 2 rings (SSSR count). The van der Waals surface area contributed by atoms with Crippen molar-refractivity contribution in [3.63, 3.8) is 0 Å². The van der Waals surface area contributed by atoms with Crippen molar-refractivity contribution >= 4 is 17.4 Å². The van der Waals surface area contributed by atoms with Gasteiger partial charge in [0.25, 0.3) is 0 Å². The highest BCUT2D eigenvalue weighted by Crippen LogP contribution is 2.33. The van der Waals surface area contributed by atoms with E-state index in [1.54, 1.807) is 9.21 Å². The Bertz CT molecular complexity index is 288. The summed E-state index contributed by atoms with van der Waals surface area (Å²) in [5, 5.41) is 1.38. The molecule has 0 bridgehead atoms. The van der Waals surface area contributed by atoms with Crippen LogP contribution in [0, 0.1) is 0 Å². The van der Waals surface area contributed by atoms with E-state index >= 15 is 0 Å². The average Bonchev–Trinajstić information content (AvgIpc) is 2.57. The lowest BCUT2D eigenvalue weighted by Crippen LogP contribution is -2.68. The maximum Gasteiger partial charge on any atom is 0.212 e. The zero-order chi connectivity index (χ0) is 10.2. The molecule has 1 atom stereocenters. The minimum atomic E-state index is -1.15. The van der Waals surface area contributed by atoms with E-state index in [4.69, 9.17) is 4.74 Å². The summed E-state index contributed by atoms with van der Waals surface area (Å²) in [6.07, 6.45) is 0.793. The van der Waals surface area contributed by atoms with Crippen molar-refractivity contribution in [3.05, 3.63) is 12.0 Å². The first-order chi connectivity index (χ1) is 6.72. The predicted molar refractivity (Wildman–Crippen MR) is 51.4 cm³/mol. The van der Waals surface area contributed by atoms with Crippen LogP contribution in [0.3, 0.4) is 0 Å². The number of carbonyl (C=O) groups is 1. The third kappa shape index (κ3) is 1.30. The van der Waals surface area contributed by atoms with Crippen LogP contribution in [0.1, 0.15) is 0 Å². The molecule has 2 heterocycles. The van der Waals surface area contributed by atoms with Gasteiger partial charge in [0.15, 0.2) is 5.72 Å². The fourth-order valence-electron chi connectivity index (χ4n) is 1.78. The minimum absolute atomic E-state index is 0.504. The maximum absolute atomic E-state index is 11.3. The molecule has 0 saturated carbocycles. The third-order valence-electron chi connectivity index (χ3n) is 2.60. The zero-order valence-electron chi connectivity index (χ0n) is 7.72. The van der Waals surface area contributed by atoms with E-state index in [9.17, 15) is 9.00 Å². The van der Waals surface area contributed by atoms with E-state index in [0.717, 1.165) is 6.41 Å². The van der Waals surface area contributed by atoms with Gasteiger partial charge in [-0.05, 0) is 0 Å². The summed E-state index contributed by atoms with van der Waals surface area (Å²) in [6, 6.07) is 0. The second kappa shape index (κ2) is 3.45. The molecule has 5 nitrogen and oxygen atoms in total. The first kappa shape index (κ1) is 9.82. The zero-order valence-corrected chi connectivity index (χ0v) is 8.53. The molecule has 2 fully saturated rings.